The third-order valence-corrected chi connectivity index (χ3v) is 3.82. The minimum atomic E-state index is 0.0674. The highest BCUT2D eigenvalue weighted by molar-refractivity contribution is 5.78. The van der Waals surface area contributed by atoms with Crippen molar-refractivity contribution in [2.75, 3.05) is 26.7 Å². The highest BCUT2D eigenvalue weighted by Gasteiger charge is 2.25. The molecule has 2 N–H and O–H groups in total. The maximum Gasteiger partial charge on any atom is 0.236 e. The number of carbonyl (C=O) groups is 1. The number of piperidine rings is 1. The average molecular weight is 261 g/mol. The minimum Gasteiger partial charge on any atom is -0.340 e. The van der Waals surface area contributed by atoms with E-state index in [1.54, 1.807) is 0 Å². The second kappa shape index (κ2) is 6.68. The summed E-state index contributed by atoms with van der Waals surface area (Å²) in [6.45, 7) is 2.70. The molecule has 1 unspecified atom stereocenters. The first kappa shape index (κ1) is 14.0. The summed E-state index contributed by atoms with van der Waals surface area (Å²) in [4.78, 5) is 15.9. The number of hydrogen-bond acceptors (Lipinski definition) is 3. The summed E-state index contributed by atoms with van der Waals surface area (Å²) >= 11 is 0. The van der Waals surface area contributed by atoms with E-state index in [9.17, 15) is 4.79 Å². The van der Waals surface area contributed by atoms with Crippen LogP contribution < -0.4 is 5.73 Å². The molecule has 104 valence electrons. The Morgan fingerprint density at radius 3 is 2.84 bits per heavy atom. The number of rotatable bonds is 4. The Bertz CT molecular complexity index is 407. The van der Waals surface area contributed by atoms with Gasteiger partial charge in [0.15, 0.2) is 0 Å². The number of benzene rings is 1. The lowest BCUT2D eigenvalue weighted by molar-refractivity contribution is -0.131. The molecule has 4 nitrogen and oxygen atoms in total. The molecule has 2 rings (SSSR count). The maximum atomic E-state index is 11.7. The van der Waals surface area contributed by atoms with Crippen LogP contribution in [0.4, 0.5) is 0 Å². The van der Waals surface area contributed by atoms with Crippen molar-refractivity contribution in [1.82, 2.24) is 9.80 Å². The Balaban J connectivity index is 1.92. The van der Waals surface area contributed by atoms with Crippen molar-refractivity contribution in [2.24, 2.45) is 5.73 Å². The Morgan fingerprint density at radius 1 is 1.42 bits per heavy atom. The molecule has 1 saturated heterocycles. The number of carbonyl (C=O) groups excluding carboxylic acids is 1. The van der Waals surface area contributed by atoms with E-state index >= 15 is 0 Å². The molecular weight excluding hydrogens is 238 g/mol. The van der Waals surface area contributed by atoms with Gasteiger partial charge in [-0.1, -0.05) is 30.3 Å². The van der Waals surface area contributed by atoms with E-state index in [4.69, 9.17) is 5.73 Å². The smallest absolute Gasteiger partial charge is 0.236 e. The predicted octanol–water partition coefficient (Wildman–Crippen LogP) is 1.07. The van der Waals surface area contributed by atoms with Crippen molar-refractivity contribution < 1.29 is 4.79 Å². The molecule has 0 aliphatic carbocycles. The molecule has 1 aliphatic rings. The van der Waals surface area contributed by atoms with Crippen molar-refractivity contribution in [3.8, 4) is 0 Å². The molecule has 1 fully saturated rings. The van der Waals surface area contributed by atoms with Gasteiger partial charge in [-0.25, -0.2) is 0 Å². The van der Waals surface area contributed by atoms with Gasteiger partial charge in [0, 0.05) is 25.7 Å². The van der Waals surface area contributed by atoms with E-state index in [1.165, 1.54) is 5.56 Å². The average Bonchev–Trinajstić information content (AvgIpc) is 2.47. The number of likely N-dealkylation sites (N-methyl/N-ethyl adjacent to an activating group) is 1. The van der Waals surface area contributed by atoms with Gasteiger partial charge >= 0.3 is 0 Å². The van der Waals surface area contributed by atoms with E-state index in [0.29, 0.717) is 6.04 Å². The fourth-order valence-electron chi connectivity index (χ4n) is 2.67. The van der Waals surface area contributed by atoms with Gasteiger partial charge in [-0.2, -0.15) is 0 Å². The van der Waals surface area contributed by atoms with Crippen LogP contribution in [0.5, 0.6) is 0 Å². The molecule has 0 saturated carbocycles. The van der Waals surface area contributed by atoms with Crippen LogP contribution in [-0.4, -0.2) is 48.4 Å². The molecular formula is C15H23N3O. The number of hydrogen-bond donors (Lipinski definition) is 1. The van der Waals surface area contributed by atoms with Gasteiger partial charge in [0.1, 0.15) is 0 Å². The summed E-state index contributed by atoms with van der Waals surface area (Å²) in [6.07, 6.45) is 2.22. The van der Waals surface area contributed by atoms with Crippen LogP contribution in [0, 0.1) is 0 Å². The summed E-state index contributed by atoms with van der Waals surface area (Å²) in [5, 5.41) is 0. The zero-order valence-corrected chi connectivity index (χ0v) is 11.6. The summed E-state index contributed by atoms with van der Waals surface area (Å²) < 4.78 is 0. The Morgan fingerprint density at radius 2 is 2.16 bits per heavy atom. The van der Waals surface area contributed by atoms with Crippen LogP contribution in [0.3, 0.4) is 0 Å². The van der Waals surface area contributed by atoms with E-state index in [1.807, 2.05) is 11.0 Å². The van der Waals surface area contributed by atoms with Gasteiger partial charge in [0.05, 0.1) is 6.54 Å². The minimum absolute atomic E-state index is 0.0674. The summed E-state index contributed by atoms with van der Waals surface area (Å²) in [5.74, 6) is 0.0674. The zero-order chi connectivity index (χ0) is 13.7. The SMILES string of the molecule is CN(Cc1ccccc1)C1CCCN(C(=O)CN)C1. The monoisotopic (exact) mass is 261 g/mol. The molecule has 1 aliphatic heterocycles. The van der Waals surface area contributed by atoms with E-state index < -0.39 is 0 Å². The van der Waals surface area contributed by atoms with Crippen LogP contribution >= 0.6 is 0 Å². The van der Waals surface area contributed by atoms with Gasteiger partial charge in [-0.05, 0) is 25.5 Å². The van der Waals surface area contributed by atoms with Gasteiger partial charge in [-0.15, -0.1) is 0 Å². The maximum absolute atomic E-state index is 11.7. The number of likely N-dealkylation sites (tertiary alicyclic amines) is 1. The second-order valence-electron chi connectivity index (χ2n) is 5.24. The lowest BCUT2D eigenvalue weighted by Crippen LogP contribution is -2.49. The summed E-state index contributed by atoms with van der Waals surface area (Å²) in [6, 6.07) is 10.9. The normalized spacial score (nSPS) is 19.7. The number of amides is 1. The predicted molar refractivity (Wildman–Crippen MR) is 76.6 cm³/mol. The van der Waals surface area contributed by atoms with Crippen LogP contribution in [0.2, 0.25) is 0 Å². The third kappa shape index (κ3) is 3.78. The van der Waals surface area contributed by atoms with Gasteiger partial charge < -0.3 is 10.6 Å². The largest absolute Gasteiger partial charge is 0.340 e. The van der Waals surface area contributed by atoms with Crippen molar-refractivity contribution >= 4 is 5.91 Å². The van der Waals surface area contributed by atoms with Crippen molar-refractivity contribution in [2.45, 2.75) is 25.4 Å². The van der Waals surface area contributed by atoms with Crippen LogP contribution in [0.1, 0.15) is 18.4 Å². The fourth-order valence-corrected chi connectivity index (χ4v) is 2.67. The lowest BCUT2D eigenvalue weighted by atomic mass is 10.0. The van der Waals surface area contributed by atoms with Crippen LogP contribution in [0.25, 0.3) is 0 Å². The Kier molecular flexibility index (Phi) is 4.93. The van der Waals surface area contributed by atoms with E-state index in [-0.39, 0.29) is 12.5 Å². The third-order valence-electron chi connectivity index (χ3n) is 3.82. The van der Waals surface area contributed by atoms with Crippen molar-refractivity contribution in [1.29, 1.82) is 0 Å². The Labute approximate surface area is 115 Å². The molecule has 19 heavy (non-hydrogen) atoms. The standard InChI is InChI=1S/C15H23N3O/c1-17(11-13-6-3-2-4-7-13)14-8-5-9-18(12-14)15(19)10-16/h2-4,6-7,14H,5,8-12,16H2,1H3. The van der Waals surface area contributed by atoms with E-state index in [0.717, 1.165) is 32.5 Å². The molecule has 1 aromatic rings. The quantitative estimate of drug-likeness (QED) is 0.882. The fraction of sp³-hybridized carbons (Fsp3) is 0.533. The van der Waals surface area contributed by atoms with E-state index in [2.05, 4.69) is 36.2 Å². The van der Waals surface area contributed by atoms with Gasteiger partial charge in [-0.3, -0.25) is 9.69 Å². The van der Waals surface area contributed by atoms with Crippen molar-refractivity contribution in [3.63, 3.8) is 0 Å². The molecule has 0 bridgehead atoms. The molecule has 1 amide bonds. The van der Waals surface area contributed by atoms with Gasteiger partial charge in [0.25, 0.3) is 0 Å². The van der Waals surface area contributed by atoms with Gasteiger partial charge in [0.2, 0.25) is 5.91 Å². The first-order valence-corrected chi connectivity index (χ1v) is 6.92. The number of nitrogens with two attached hydrogens (primary N) is 1. The van der Waals surface area contributed by atoms with Crippen LogP contribution in [0.15, 0.2) is 30.3 Å². The lowest BCUT2D eigenvalue weighted by Gasteiger charge is -2.37. The van der Waals surface area contributed by atoms with Crippen LogP contribution in [-0.2, 0) is 11.3 Å². The first-order valence-electron chi connectivity index (χ1n) is 6.92. The molecule has 1 atom stereocenters. The zero-order valence-electron chi connectivity index (χ0n) is 11.6. The molecule has 0 radical (unpaired) electrons. The highest BCUT2D eigenvalue weighted by Crippen LogP contribution is 2.16. The van der Waals surface area contributed by atoms with Crippen molar-refractivity contribution in [3.05, 3.63) is 35.9 Å². The summed E-state index contributed by atoms with van der Waals surface area (Å²) in [5.41, 5.74) is 6.76. The molecule has 0 spiro atoms. The summed E-state index contributed by atoms with van der Waals surface area (Å²) in [7, 11) is 2.13. The highest BCUT2D eigenvalue weighted by atomic mass is 16.2. The first-order chi connectivity index (χ1) is 9.20. The molecule has 0 aromatic heterocycles. The number of nitrogens with zero attached hydrogens (tertiary/aromatic N) is 2. The molecule has 1 aromatic carbocycles. The molecule has 4 heteroatoms. The second-order valence-corrected chi connectivity index (χ2v) is 5.24. The molecule has 1 heterocycles. The Hall–Kier alpha value is -1.39. The topological polar surface area (TPSA) is 49.6 Å².